The molecule has 0 saturated carbocycles. The SMILES string of the molecule is C[CH]COc1cc(C)c2nc(-c3cc(C)cc4nc(OC)cnc34)sc2n1. The van der Waals surface area contributed by atoms with Crippen molar-refractivity contribution in [3.05, 3.63) is 41.9 Å². The van der Waals surface area contributed by atoms with Crippen molar-refractivity contribution in [1.29, 1.82) is 0 Å². The number of benzene rings is 1. The molecule has 0 bridgehead atoms. The molecule has 0 aliphatic heterocycles. The smallest absolute Gasteiger partial charge is 0.232 e. The van der Waals surface area contributed by atoms with E-state index in [0.29, 0.717) is 18.4 Å². The number of methoxy groups -OCH3 is 1. The van der Waals surface area contributed by atoms with Crippen LogP contribution in [-0.2, 0) is 0 Å². The van der Waals surface area contributed by atoms with E-state index in [2.05, 4.69) is 21.0 Å². The van der Waals surface area contributed by atoms with E-state index in [-0.39, 0.29) is 0 Å². The zero-order valence-corrected chi connectivity index (χ0v) is 16.4. The average Bonchev–Trinajstić information content (AvgIpc) is 3.09. The number of ether oxygens (including phenoxy) is 2. The highest BCUT2D eigenvalue weighted by Gasteiger charge is 2.16. The van der Waals surface area contributed by atoms with Gasteiger partial charge in [0.1, 0.15) is 15.4 Å². The van der Waals surface area contributed by atoms with Crippen molar-refractivity contribution >= 4 is 32.7 Å². The quantitative estimate of drug-likeness (QED) is 0.507. The second kappa shape index (κ2) is 7.08. The number of nitrogens with zero attached hydrogens (tertiary/aromatic N) is 4. The average molecular weight is 379 g/mol. The lowest BCUT2D eigenvalue weighted by atomic mass is 10.1. The molecule has 0 spiro atoms. The van der Waals surface area contributed by atoms with Gasteiger partial charge < -0.3 is 9.47 Å². The molecule has 1 aromatic carbocycles. The molecule has 0 unspecified atom stereocenters. The maximum absolute atomic E-state index is 5.65. The molecule has 4 rings (SSSR count). The molecule has 0 aliphatic carbocycles. The van der Waals surface area contributed by atoms with Gasteiger partial charge in [0.25, 0.3) is 0 Å². The van der Waals surface area contributed by atoms with Crippen molar-refractivity contribution in [2.24, 2.45) is 0 Å². The van der Waals surface area contributed by atoms with Gasteiger partial charge in [-0.3, -0.25) is 0 Å². The summed E-state index contributed by atoms with van der Waals surface area (Å²) in [4.78, 5) is 19.4. The number of rotatable bonds is 5. The maximum Gasteiger partial charge on any atom is 0.232 e. The Labute approximate surface area is 161 Å². The van der Waals surface area contributed by atoms with Gasteiger partial charge in [0.15, 0.2) is 0 Å². The molecule has 0 atom stereocenters. The molecular formula is C20H19N4O2S. The lowest BCUT2D eigenvalue weighted by molar-refractivity contribution is 0.337. The van der Waals surface area contributed by atoms with Crippen LogP contribution in [0.4, 0.5) is 0 Å². The largest absolute Gasteiger partial charge is 0.480 e. The molecule has 7 heteroatoms. The summed E-state index contributed by atoms with van der Waals surface area (Å²) in [5.74, 6) is 1.11. The molecule has 4 aromatic rings. The van der Waals surface area contributed by atoms with Crippen molar-refractivity contribution < 1.29 is 9.47 Å². The Balaban J connectivity index is 1.88. The van der Waals surface area contributed by atoms with Crippen LogP contribution < -0.4 is 9.47 Å². The minimum Gasteiger partial charge on any atom is -0.480 e. The summed E-state index contributed by atoms with van der Waals surface area (Å²) in [6.07, 6.45) is 3.58. The van der Waals surface area contributed by atoms with Crippen LogP contribution in [0.3, 0.4) is 0 Å². The van der Waals surface area contributed by atoms with E-state index in [1.54, 1.807) is 13.3 Å². The number of hydrogen-bond acceptors (Lipinski definition) is 7. The molecule has 27 heavy (non-hydrogen) atoms. The summed E-state index contributed by atoms with van der Waals surface area (Å²) in [6.45, 7) is 6.54. The first-order valence-electron chi connectivity index (χ1n) is 8.59. The van der Waals surface area contributed by atoms with Gasteiger partial charge in [-0.2, -0.15) is 0 Å². The first kappa shape index (κ1) is 17.6. The highest BCUT2D eigenvalue weighted by molar-refractivity contribution is 7.21. The molecule has 1 radical (unpaired) electrons. The van der Waals surface area contributed by atoms with E-state index in [4.69, 9.17) is 14.5 Å². The standard InChI is InChI=1S/C20H19N4O2S/c1-5-6-26-15-9-12(3)17-20(23-15)27-19(24-17)13-7-11(2)8-14-18(13)21-10-16(22-14)25-4/h5,7-10H,6H2,1-4H3. The van der Waals surface area contributed by atoms with Crippen LogP contribution in [0.5, 0.6) is 11.8 Å². The van der Waals surface area contributed by atoms with E-state index in [0.717, 1.165) is 43.1 Å². The first-order valence-corrected chi connectivity index (χ1v) is 9.41. The first-order chi connectivity index (χ1) is 13.1. The van der Waals surface area contributed by atoms with Crippen molar-refractivity contribution in [2.45, 2.75) is 20.8 Å². The maximum atomic E-state index is 5.65. The number of aromatic nitrogens is 4. The summed E-state index contributed by atoms with van der Waals surface area (Å²) >= 11 is 1.53. The van der Waals surface area contributed by atoms with Gasteiger partial charge in [0.05, 0.1) is 30.9 Å². The number of hydrogen-bond donors (Lipinski definition) is 0. The summed E-state index contributed by atoms with van der Waals surface area (Å²) in [5, 5.41) is 0.868. The fourth-order valence-electron chi connectivity index (χ4n) is 2.90. The second-order valence-electron chi connectivity index (χ2n) is 6.26. The molecule has 0 aliphatic rings. The van der Waals surface area contributed by atoms with Gasteiger partial charge in [-0.15, -0.1) is 0 Å². The van der Waals surface area contributed by atoms with E-state index in [1.165, 1.54) is 11.3 Å². The monoisotopic (exact) mass is 379 g/mol. The number of thiazole rings is 1. The Morgan fingerprint density at radius 1 is 1.04 bits per heavy atom. The van der Waals surface area contributed by atoms with Crippen molar-refractivity contribution in [2.75, 3.05) is 13.7 Å². The van der Waals surface area contributed by atoms with Gasteiger partial charge in [-0.05, 0) is 43.5 Å². The molecule has 3 aromatic heterocycles. The molecule has 0 N–H and O–H groups in total. The molecule has 6 nitrogen and oxygen atoms in total. The van der Waals surface area contributed by atoms with Crippen molar-refractivity contribution in [3.8, 4) is 22.3 Å². The number of fused-ring (bicyclic) bond motifs is 2. The molecule has 3 heterocycles. The third-order valence-corrected chi connectivity index (χ3v) is 5.12. The highest BCUT2D eigenvalue weighted by Crippen LogP contribution is 2.35. The molecule has 137 valence electrons. The summed E-state index contributed by atoms with van der Waals surface area (Å²) < 4.78 is 10.9. The van der Waals surface area contributed by atoms with E-state index in [1.807, 2.05) is 39.3 Å². The minimum atomic E-state index is 0.496. The van der Waals surface area contributed by atoms with Crippen LogP contribution >= 0.6 is 11.3 Å². The normalized spacial score (nSPS) is 11.3. The molecule has 0 fully saturated rings. The van der Waals surface area contributed by atoms with Gasteiger partial charge in [-0.1, -0.05) is 18.3 Å². The van der Waals surface area contributed by atoms with E-state index in [9.17, 15) is 0 Å². The van der Waals surface area contributed by atoms with Gasteiger partial charge in [0, 0.05) is 11.6 Å². The van der Waals surface area contributed by atoms with Crippen LogP contribution in [-0.4, -0.2) is 33.7 Å². The van der Waals surface area contributed by atoms with Crippen LogP contribution in [0.1, 0.15) is 18.1 Å². The Morgan fingerprint density at radius 3 is 2.67 bits per heavy atom. The Bertz CT molecular complexity index is 1140. The van der Waals surface area contributed by atoms with Crippen LogP contribution in [0.25, 0.3) is 32.0 Å². The second-order valence-corrected chi connectivity index (χ2v) is 7.24. The lowest BCUT2D eigenvalue weighted by Gasteiger charge is -2.06. The zero-order valence-electron chi connectivity index (χ0n) is 15.6. The van der Waals surface area contributed by atoms with E-state index >= 15 is 0 Å². The topological polar surface area (TPSA) is 70.0 Å². The third-order valence-electron chi connectivity index (χ3n) is 4.14. The van der Waals surface area contributed by atoms with Crippen LogP contribution in [0.2, 0.25) is 0 Å². The predicted octanol–water partition coefficient (Wildman–Crippen LogP) is 4.53. The number of pyridine rings is 1. The predicted molar refractivity (Wildman–Crippen MR) is 107 cm³/mol. The highest BCUT2D eigenvalue weighted by atomic mass is 32.1. The van der Waals surface area contributed by atoms with Crippen molar-refractivity contribution in [1.82, 2.24) is 19.9 Å². The van der Waals surface area contributed by atoms with Crippen LogP contribution in [0, 0.1) is 20.3 Å². The summed E-state index contributed by atoms with van der Waals surface area (Å²) in [5.41, 5.74) is 5.56. The Hall–Kier alpha value is -2.80. The fourth-order valence-corrected chi connectivity index (χ4v) is 3.92. The summed E-state index contributed by atoms with van der Waals surface area (Å²) in [7, 11) is 1.59. The van der Waals surface area contributed by atoms with Gasteiger partial charge >= 0.3 is 0 Å². The minimum absolute atomic E-state index is 0.496. The third kappa shape index (κ3) is 3.30. The lowest BCUT2D eigenvalue weighted by Crippen LogP contribution is -1.98. The van der Waals surface area contributed by atoms with Crippen LogP contribution in [0.15, 0.2) is 24.4 Å². The Morgan fingerprint density at radius 2 is 1.89 bits per heavy atom. The van der Waals surface area contributed by atoms with Gasteiger partial charge in [0.2, 0.25) is 11.8 Å². The fraction of sp³-hybridized carbons (Fsp3) is 0.250. The van der Waals surface area contributed by atoms with Crippen molar-refractivity contribution in [3.63, 3.8) is 0 Å². The summed E-state index contributed by atoms with van der Waals surface area (Å²) in [6, 6.07) is 6.01. The van der Waals surface area contributed by atoms with E-state index < -0.39 is 0 Å². The molecular weight excluding hydrogens is 360 g/mol. The molecule has 0 saturated heterocycles. The molecule has 0 amide bonds. The number of aryl methyl sites for hydroxylation is 2. The van der Waals surface area contributed by atoms with Gasteiger partial charge in [-0.25, -0.2) is 19.9 Å². The zero-order chi connectivity index (χ0) is 19.0. The Kier molecular flexibility index (Phi) is 4.61.